The molecule has 0 N–H and O–H groups in total. The zero-order chi connectivity index (χ0) is 15.5. The molecular weight excluding hydrogens is 283 g/mol. The summed E-state index contributed by atoms with van der Waals surface area (Å²) in [6, 6.07) is 6.67. The van der Waals surface area contributed by atoms with Crippen LogP contribution >= 0.6 is 0 Å². The van der Waals surface area contributed by atoms with E-state index in [2.05, 4.69) is 22.1 Å². The molecule has 0 radical (unpaired) electrons. The van der Waals surface area contributed by atoms with E-state index in [1.165, 1.54) is 17.8 Å². The van der Waals surface area contributed by atoms with Crippen molar-refractivity contribution in [2.75, 3.05) is 20.3 Å². The van der Waals surface area contributed by atoms with Gasteiger partial charge in [0.05, 0.1) is 12.3 Å². The van der Waals surface area contributed by atoms with Crippen LogP contribution in [0, 0.1) is 5.82 Å². The Morgan fingerprint density at radius 2 is 2.09 bits per heavy atom. The number of hydrogen-bond acceptors (Lipinski definition) is 4. The molecule has 0 spiro atoms. The van der Waals surface area contributed by atoms with Crippen molar-refractivity contribution in [2.24, 2.45) is 0 Å². The van der Waals surface area contributed by atoms with Crippen LogP contribution in [0.5, 0.6) is 0 Å². The molecule has 2 heterocycles. The lowest BCUT2D eigenvalue weighted by Gasteiger charge is -2.32. The smallest absolute Gasteiger partial charge is 0.123 e. The summed E-state index contributed by atoms with van der Waals surface area (Å²) in [5.74, 6) is 0.0666. The Balaban J connectivity index is 1.79. The largest absolute Gasteiger partial charge is 0.384 e. The molecule has 0 amide bonds. The predicted molar refractivity (Wildman–Crippen MR) is 80.8 cm³/mol. The number of ether oxygens (including phenoxy) is 1. The minimum Gasteiger partial charge on any atom is -0.384 e. The molecule has 1 atom stereocenters. The van der Waals surface area contributed by atoms with E-state index in [0.717, 1.165) is 37.4 Å². The monoisotopic (exact) mass is 304 g/mol. The molecule has 118 valence electrons. The molecule has 1 aromatic carbocycles. The number of halogens is 1. The van der Waals surface area contributed by atoms with Crippen LogP contribution in [0.4, 0.5) is 4.39 Å². The first-order valence-corrected chi connectivity index (χ1v) is 7.59. The van der Waals surface area contributed by atoms with Crippen LogP contribution < -0.4 is 0 Å². The van der Waals surface area contributed by atoms with E-state index < -0.39 is 0 Å². The van der Waals surface area contributed by atoms with Crippen molar-refractivity contribution in [3.8, 4) is 0 Å². The topological polar surface area (TPSA) is 43.2 Å². The number of aromatic nitrogens is 3. The van der Waals surface area contributed by atoms with Crippen molar-refractivity contribution in [1.29, 1.82) is 0 Å². The SMILES string of the molecule is CCn1nnc2c1C(COC)CN(Cc1ccc(F)cc1)C2. The Morgan fingerprint density at radius 3 is 2.77 bits per heavy atom. The molecule has 1 aliphatic heterocycles. The van der Waals surface area contributed by atoms with E-state index >= 15 is 0 Å². The molecule has 2 aromatic rings. The van der Waals surface area contributed by atoms with Gasteiger partial charge in [-0.3, -0.25) is 4.90 Å². The third kappa shape index (κ3) is 3.03. The summed E-state index contributed by atoms with van der Waals surface area (Å²) >= 11 is 0. The van der Waals surface area contributed by atoms with Gasteiger partial charge in [0.25, 0.3) is 0 Å². The van der Waals surface area contributed by atoms with Crippen molar-refractivity contribution in [3.63, 3.8) is 0 Å². The summed E-state index contributed by atoms with van der Waals surface area (Å²) in [5.41, 5.74) is 3.32. The van der Waals surface area contributed by atoms with Crippen molar-refractivity contribution in [2.45, 2.75) is 32.5 Å². The molecule has 1 aromatic heterocycles. The lowest BCUT2D eigenvalue weighted by atomic mass is 9.98. The lowest BCUT2D eigenvalue weighted by molar-refractivity contribution is 0.131. The molecule has 1 aliphatic rings. The molecule has 22 heavy (non-hydrogen) atoms. The van der Waals surface area contributed by atoms with Crippen molar-refractivity contribution in [1.82, 2.24) is 19.9 Å². The number of hydrogen-bond donors (Lipinski definition) is 0. The van der Waals surface area contributed by atoms with Gasteiger partial charge in [0.15, 0.2) is 0 Å². The van der Waals surface area contributed by atoms with Gasteiger partial charge in [-0.2, -0.15) is 0 Å². The fourth-order valence-corrected chi connectivity index (χ4v) is 3.12. The van der Waals surface area contributed by atoms with E-state index in [9.17, 15) is 4.39 Å². The third-order valence-corrected chi connectivity index (χ3v) is 4.07. The first kappa shape index (κ1) is 15.1. The highest BCUT2D eigenvalue weighted by Gasteiger charge is 2.30. The average molecular weight is 304 g/mol. The Hall–Kier alpha value is -1.79. The molecule has 0 fully saturated rings. The van der Waals surface area contributed by atoms with Crippen LogP contribution in [-0.4, -0.2) is 40.2 Å². The van der Waals surface area contributed by atoms with E-state index in [-0.39, 0.29) is 11.7 Å². The highest BCUT2D eigenvalue weighted by Crippen LogP contribution is 2.28. The first-order chi connectivity index (χ1) is 10.7. The van der Waals surface area contributed by atoms with Crippen molar-refractivity contribution < 1.29 is 9.13 Å². The van der Waals surface area contributed by atoms with Gasteiger partial charge in [-0.15, -0.1) is 5.10 Å². The van der Waals surface area contributed by atoms with E-state index in [1.807, 2.05) is 16.8 Å². The highest BCUT2D eigenvalue weighted by molar-refractivity contribution is 5.21. The van der Waals surface area contributed by atoms with Crippen molar-refractivity contribution in [3.05, 3.63) is 47.0 Å². The molecule has 3 rings (SSSR count). The Labute approximate surface area is 129 Å². The number of nitrogens with zero attached hydrogens (tertiary/aromatic N) is 4. The number of methoxy groups -OCH3 is 1. The number of fused-ring (bicyclic) bond motifs is 1. The maximum absolute atomic E-state index is 13.0. The second-order valence-electron chi connectivity index (χ2n) is 5.69. The summed E-state index contributed by atoms with van der Waals surface area (Å²) in [5, 5.41) is 8.56. The second-order valence-corrected chi connectivity index (χ2v) is 5.69. The van der Waals surface area contributed by atoms with Gasteiger partial charge >= 0.3 is 0 Å². The quantitative estimate of drug-likeness (QED) is 0.849. The van der Waals surface area contributed by atoms with Gasteiger partial charge in [0, 0.05) is 39.2 Å². The second kappa shape index (κ2) is 6.54. The van der Waals surface area contributed by atoms with Crippen LogP contribution in [0.1, 0.15) is 29.8 Å². The van der Waals surface area contributed by atoms with E-state index in [4.69, 9.17) is 4.74 Å². The van der Waals surface area contributed by atoms with Crippen LogP contribution in [0.2, 0.25) is 0 Å². The Bertz CT molecular complexity index is 626. The van der Waals surface area contributed by atoms with E-state index in [1.54, 1.807) is 7.11 Å². The summed E-state index contributed by atoms with van der Waals surface area (Å²) in [7, 11) is 1.72. The van der Waals surface area contributed by atoms with Crippen LogP contribution in [0.3, 0.4) is 0 Å². The average Bonchev–Trinajstić information content (AvgIpc) is 2.93. The third-order valence-electron chi connectivity index (χ3n) is 4.07. The number of aryl methyl sites for hydroxylation is 1. The standard InChI is InChI=1S/C16H21FN4O/c1-3-21-16-13(11-22-2)9-20(10-15(16)18-19-21)8-12-4-6-14(17)7-5-12/h4-7,13H,3,8-11H2,1-2H3. The maximum Gasteiger partial charge on any atom is 0.123 e. The zero-order valence-corrected chi connectivity index (χ0v) is 13.0. The Morgan fingerprint density at radius 1 is 1.32 bits per heavy atom. The zero-order valence-electron chi connectivity index (χ0n) is 13.0. The van der Waals surface area contributed by atoms with Crippen molar-refractivity contribution >= 4 is 0 Å². The van der Waals surface area contributed by atoms with Crippen LogP contribution in [-0.2, 0) is 24.4 Å². The van der Waals surface area contributed by atoms with Crippen LogP contribution in [0.25, 0.3) is 0 Å². The summed E-state index contributed by atoms with van der Waals surface area (Å²) in [6.45, 7) is 5.99. The summed E-state index contributed by atoms with van der Waals surface area (Å²) < 4.78 is 20.4. The molecular formula is C16H21FN4O. The van der Waals surface area contributed by atoms with Gasteiger partial charge < -0.3 is 4.74 Å². The molecule has 1 unspecified atom stereocenters. The van der Waals surface area contributed by atoms with Gasteiger partial charge in [-0.25, -0.2) is 9.07 Å². The normalized spacial score (nSPS) is 18.4. The van der Waals surface area contributed by atoms with Gasteiger partial charge in [-0.1, -0.05) is 17.3 Å². The fourth-order valence-electron chi connectivity index (χ4n) is 3.12. The van der Waals surface area contributed by atoms with Gasteiger partial charge in [0.2, 0.25) is 0 Å². The molecule has 0 saturated carbocycles. The van der Waals surface area contributed by atoms with Crippen LogP contribution in [0.15, 0.2) is 24.3 Å². The van der Waals surface area contributed by atoms with Gasteiger partial charge in [0.1, 0.15) is 11.5 Å². The number of rotatable bonds is 5. The minimum atomic E-state index is -0.201. The number of benzene rings is 1. The molecule has 0 bridgehead atoms. The Kier molecular flexibility index (Phi) is 4.49. The molecule has 5 nitrogen and oxygen atoms in total. The predicted octanol–water partition coefficient (Wildman–Crippen LogP) is 2.18. The molecule has 0 aliphatic carbocycles. The minimum absolute atomic E-state index is 0.201. The lowest BCUT2D eigenvalue weighted by Crippen LogP contribution is -2.36. The first-order valence-electron chi connectivity index (χ1n) is 7.59. The summed E-state index contributed by atoms with van der Waals surface area (Å²) in [6.07, 6.45) is 0. The van der Waals surface area contributed by atoms with Gasteiger partial charge in [-0.05, 0) is 24.6 Å². The van der Waals surface area contributed by atoms with E-state index in [0.29, 0.717) is 6.61 Å². The highest BCUT2D eigenvalue weighted by atomic mass is 19.1. The fraction of sp³-hybridized carbons (Fsp3) is 0.500. The summed E-state index contributed by atoms with van der Waals surface area (Å²) in [4.78, 5) is 2.31. The molecule has 6 heteroatoms. The maximum atomic E-state index is 13.0. The molecule has 0 saturated heterocycles.